The van der Waals surface area contributed by atoms with Gasteiger partial charge in [0.15, 0.2) is 0 Å². The second-order valence-corrected chi connectivity index (χ2v) is 3.49. The van der Waals surface area contributed by atoms with Crippen LogP contribution in [0.5, 0.6) is 0 Å². The van der Waals surface area contributed by atoms with E-state index in [1.807, 2.05) is 0 Å². The van der Waals surface area contributed by atoms with Gasteiger partial charge < -0.3 is 0 Å². The van der Waals surface area contributed by atoms with Gasteiger partial charge in [-0.1, -0.05) is 0 Å². The molecule has 0 saturated heterocycles. The number of pyridine rings is 1. The van der Waals surface area contributed by atoms with E-state index in [4.69, 9.17) is 0 Å². The fourth-order valence-electron chi connectivity index (χ4n) is 1.44. The van der Waals surface area contributed by atoms with Gasteiger partial charge in [-0.2, -0.15) is 4.39 Å². The second-order valence-electron chi connectivity index (χ2n) is 3.49. The Hall–Kier alpha value is -1.84. The van der Waals surface area contributed by atoms with Gasteiger partial charge in [-0.25, -0.2) is 13.8 Å². The van der Waals surface area contributed by atoms with Gasteiger partial charge in [0.05, 0.1) is 0 Å². The smallest absolute Gasteiger partial charge is 0.215 e. The molecule has 82 valence electrons. The summed E-state index contributed by atoms with van der Waals surface area (Å²) < 4.78 is 38.8. The summed E-state index contributed by atoms with van der Waals surface area (Å²) in [7, 11) is 0. The molecule has 0 radical (unpaired) electrons. The minimum Gasteiger partial charge on any atom is -0.227 e. The highest BCUT2D eigenvalue weighted by Gasteiger charge is 2.06. The van der Waals surface area contributed by atoms with Gasteiger partial charge in [0, 0.05) is 23.4 Å². The van der Waals surface area contributed by atoms with Crippen molar-refractivity contribution < 1.29 is 13.2 Å². The average Bonchev–Trinajstić information content (AvgIpc) is 2.20. The lowest BCUT2D eigenvalue weighted by Crippen LogP contribution is -1.90. The minimum atomic E-state index is -0.669. The Kier molecular flexibility index (Phi) is 2.64. The molecule has 0 fully saturated rings. The van der Waals surface area contributed by atoms with E-state index in [-0.39, 0.29) is 0 Å². The fraction of sp³-hybridized carbons (Fsp3) is 0.0833. The number of benzene rings is 1. The first-order valence-corrected chi connectivity index (χ1v) is 4.65. The summed E-state index contributed by atoms with van der Waals surface area (Å²) in [5, 5.41) is 0. The fourth-order valence-corrected chi connectivity index (χ4v) is 1.44. The molecule has 0 aliphatic carbocycles. The van der Waals surface area contributed by atoms with Crippen molar-refractivity contribution >= 4 is 0 Å². The molecule has 4 heteroatoms. The van der Waals surface area contributed by atoms with Gasteiger partial charge in [0.25, 0.3) is 0 Å². The van der Waals surface area contributed by atoms with Crippen molar-refractivity contribution in [2.24, 2.45) is 0 Å². The van der Waals surface area contributed by atoms with Crippen molar-refractivity contribution in [1.82, 2.24) is 4.98 Å². The van der Waals surface area contributed by atoms with Crippen molar-refractivity contribution in [2.45, 2.75) is 6.92 Å². The van der Waals surface area contributed by atoms with Gasteiger partial charge in [-0.3, -0.25) is 0 Å². The molecule has 1 heterocycles. The van der Waals surface area contributed by atoms with Crippen LogP contribution in [0.4, 0.5) is 13.2 Å². The molecule has 0 bridgehead atoms. The zero-order chi connectivity index (χ0) is 11.7. The van der Waals surface area contributed by atoms with Crippen molar-refractivity contribution in [3.8, 4) is 11.1 Å². The van der Waals surface area contributed by atoms with E-state index in [9.17, 15) is 13.2 Å². The summed E-state index contributed by atoms with van der Waals surface area (Å²) >= 11 is 0. The molecule has 0 spiro atoms. The maximum absolute atomic E-state index is 13.0. The Morgan fingerprint density at radius 2 is 1.50 bits per heavy atom. The van der Waals surface area contributed by atoms with E-state index in [0.29, 0.717) is 16.7 Å². The molecular weight excluding hydrogens is 215 g/mol. The maximum atomic E-state index is 13.0. The van der Waals surface area contributed by atoms with Crippen LogP contribution < -0.4 is 0 Å². The number of rotatable bonds is 1. The molecule has 0 N–H and O–H groups in total. The van der Waals surface area contributed by atoms with Crippen molar-refractivity contribution in [1.29, 1.82) is 0 Å². The van der Waals surface area contributed by atoms with E-state index in [1.54, 1.807) is 6.92 Å². The third kappa shape index (κ3) is 2.05. The Bertz CT molecular complexity index is 518. The summed E-state index contributed by atoms with van der Waals surface area (Å²) in [6.45, 7) is 1.54. The molecule has 0 aliphatic heterocycles. The van der Waals surface area contributed by atoms with Crippen LogP contribution in [-0.2, 0) is 0 Å². The number of hydrogen-bond donors (Lipinski definition) is 0. The van der Waals surface area contributed by atoms with Gasteiger partial charge in [-0.05, 0) is 30.7 Å². The molecule has 16 heavy (non-hydrogen) atoms. The Balaban J connectivity index is 2.54. The van der Waals surface area contributed by atoms with Crippen LogP contribution >= 0.6 is 0 Å². The molecule has 0 saturated carbocycles. The van der Waals surface area contributed by atoms with E-state index in [2.05, 4.69) is 4.98 Å². The van der Waals surface area contributed by atoms with E-state index in [0.717, 1.165) is 6.07 Å². The Morgan fingerprint density at radius 3 is 2.06 bits per heavy atom. The Morgan fingerprint density at radius 1 is 0.875 bits per heavy atom. The van der Waals surface area contributed by atoms with Crippen molar-refractivity contribution in [3.05, 3.63) is 53.6 Å². The van der Waals surface area contributed by atoms with E-state index in [1.165, 1.54) is 24.4 Å². The lowest BCUT2D eigenvalue weighted by molar-refractivity contribution is 0.574. The standard InChI is InChI=1S/C12H8F3N/c1-7-2-9(6-16-12(7)15)8-3-10(13)5-11(14)4-8/h2-6H,1H3. The van der Waals surface area contributed by atoms with E-state index < -0.39 is 17.6 Å². The first-order chi connectivity index (χ1) is 7.56. The monoisotopic (exact) mass is 223 g/mol. The van der Waals surface area contributed by atoms with Crippen LogP contribution in [0, 0.1) is 24.5 Å². The summed E-state index contributed by atoms with van der Waals surface area (Å²) in [4.78, 5) is 3.50. The van der Waals surface area contributed by atoms with Gasteiger partial charge in [-0.15, -0.1) is 0 Å². The summed E-state index contributed by atoms with van der Waals surface area (Å²) in [6.07, 6.45) is 1.25. The summed E-state index contributed by atoms with van der Waals surface area (Å²) in [6, 6.07) is 4.64. The van der Waals surface area contributed by atoms with Gasteiger partial charge in [0.2, 0.25) is 5.95 Å². The van der Waals surface area contributed by atoms with Gasteiger partial charge >= 0.3 is 0 Å². The average molecular weight is 223 g/mol. The predicted molar refractivity (Wildman–Crippen MR) is 54.3 cm³/mol. The van der Waals surface area contributed by atoms with Crippen molar-refractivity contribution in [2.75, 3.05) is 0 Å². The molecule has 0 atom stereocenters. The van der Waals surface area contributed by atoms with Gasteiger partial charge in [0.1, 0.15) is 11.6 Å². The minimum absolute atomic E-state index is 0.335. The quantitative estimate of drug-likeness (QED) is 0.674. The highest BCUT2D eigenvalue weighted by atomic mass is 19.1. The zero-order valence-electron chi connectivity index (χ0n) is 8.47. The third-order valence-electron chi connectivity index (χ3n) is 2.21. The molecule has 0 aliphatic rings. The second kappa shape index (κ2) is 3.96. The molecule has 2 rings (SSSR count). The molecule has 1 aromatic heterocycles. The largest absolute Gasteiger partial charge is 0.227 e. The van der Waals surface area contributed by atoms with Crippen LogP contribution in [0.3, 0.4) is 0 Å². The molecular formula is C12H8F3N. The lowest BCUT2D eigenvalue weighted by Gasteiger charge is -2.03. The van der Waals surface area contributed by atoms with Crippen LogP contribution in [0.2, 0.25) is 0 Å². The van der Waals surface area contributed by atoms with E-state index >= 15 is 0 Å². The van der Waals surface area contributed by atoms with Crippen LogP contribution in [0.1, 0.15) is 5.56 Å². The number of aromatic nitrogens is 1. The third-order valence-corrected chi connectivity index (χ3v) is 2.21. The lowest BCUT2D eigenvalue weighted by atomic mass is 10.1. The first kappa shape index (κ1) is 10.7. The maximum Gasteiger partial charge on any atom is 0.215 e. The highest BCUT2D eigenvalue weighted by Crippen LogP contribution is 2.22. The molecule has 1 nitrogen and oxygen atoms in total. The SMILES string of the molecule is Cc1cc(-c2cc(F)cc(F)c2)cnc1F. The predicted octanol–water partition coefficient (Wildman–Crippen LogP) is 3.47. The molecule has 2 aromatic rings. The number of nitrogens with zero attached hydrogens (tertiary/aromatic N) is 1. The number of aryl methyl sites for hydroxylation is 1. The van der Waals surface area contributed by atoms with Crippen LogP contribution in [0.25, 0.3) is 11.1 Å². The molecule has 0 amide bonds. The van der Waals surface area contributed by atoms with Crippen molar-refractivity contribution in [3.63, 3.8) is 0 Å². The van der Waals surface area contributed by atoms with Crippen LogP contribution in [-0.4, -0.2) is 4.98 Å². The molecule has 1 aromatic carbocycles. The summed E-state index contributed by atoms with van der Waals surface area (Å²) in [5.74, 6) is -1.92. The summed E-state index contributed by atoms with van der Waals surface area (Å²) in [5.41, 5.74) is 1.16. The highest BCUT2D eigenvalue weighted by molar-refractivity contribution is 5.63. The first-order valence-electron chi connectivity index (χ1n) is 4.65. The molecule has 0 unspecified atom stereocenters. The topological polar surface area (TPSA) is 12.9 Å². The zero-order valence-corrected chi connectivity index (χ0v) is 8.47. The Labute approximate surface area is 90.6 Å². The number of hydrogen-bond acceptors (Lipinski definition) is 1. The normalized spacial score (nSPS) is 10.5. The number of halogens is 3. The van der Waals surface area contributed by atoms with Crippen LogP contribution in [0.15, 0.2) is 30.5 Å².